The molecule has 2 aliphatic rings. The Morgan fingerprint density at radius 2 is 1.01 bits per heavy atom. The topological polar surface area (TPSA) is 205 Å². The van der Waals surface area contributed by atoms with Crippen molar-refractivity contribution in [2.45, 2.75) is 66.1 Å². The molecule has 2 aliphatic heterocycles. The zero-order chi connectivity index (χ0) is 60.7. The second kappa shape index (κ2) is 29.2. The second-order valence-electron chi connectivity index (χ2n) is 21.2. The first-order valence-electron chi connectivity index (χ1n) is 28.3. The van der Waals surface area contributed by atoms with Crippen LogP contribution in [0.1, 0.15) is 86.9 Å². The molecule has 86 heavy (non-hydrogen) atoms. The first-order chi connectivity index (χ1) is 41.7. The van der Waals surface area contributed by atoms with Crippen LogP contribution in [0.15, 0.2) is 181 Å². The van der Waals surface area contributed by atoms with Crippen molar-refractivity contribution < 1.29 is 52.6 Å². The number of nitro benzene ring substituents is 1. The summed E-state index contributed by atoms with van der Waals surface area (Å²) in [6.45, 7) is 7.83. The number of nitrogens with zero attached hydrogens (tertiary/aromatic N) is 3. The van der Waals surface area contributed by atoms with Crippen molar-refractivity contribution >= 4 is 58.5 Å². The lowest BCUT2D eigenvalue weighted by molar-refractivity contribution is -0.384. The van der Waals surface area contributed by atoms with E-state index < -0.39 is 40.6 Å². The molecule has 0 bridgehead atoms. The summed E-state index contributed by atoms with van der Waals surface area (Å²) in [6.07, 6.45) is 0.790. The number of carbonyl (C=O) groups excluding carboxylic acids is 5. The van der Waals surface area contributed by atoms with E-state index in [0.717, 1.165) is 34.4 Å². The third kappa shape index (κ3) is 15.1. The van der Waals surface area contributed by atoms with Crippen molar-refractivity contribution in [3.05, 3.63) is 240 Å². The maximum Gasteiger partial charge on any atom is 0.362 e. The van der Waals surface area contributed by atoms with Crippen LogP contribution >= 0.6 is 23.2 Å². The monoisotopic (exact) mass is 1200 g/mol. The van der Waals surface area contributed by atoms with Crippen LogP contribution in [0.4, 0.5) is 5.69 Å². The predicted octanol–water partition coefficient (Wildman–Crippen LogP) is 12.2. The van der Waals surface area contributed by atoms with E-state index >= 15 is 0 Å². The van der Waals surface area contributed by atoms with Crippen molar-refractivity contribution in [2.75, 3.05) is 32.7 Å². The molecule has 0 aromatic heterocycles. The fourth-order valence-corrected chi connectivity index (χ4v) is 11.1. The number of β-lactam (4-membered cyclic amide) rings is 1. The van der Waals surface area contributed by atoms with Gasteiger partial charge in [-0.05, 0) is 83.0 Å². The number of hydrogen-bond acceptors (Lipinski definition) is 13. The number of ether oxygens (including phenoxy) is 5. The Bertz CT molecular complexity index is 3410. The van der Waals surface area contributed by atoms with E-state index in [1.54, 1.807) is 24.3 Å². The van der Waals surface area contributed by atoms with E-state index in [0.29, 0.717) is 43.0 Å². The lowest BCUT2D eigenvalue weighted by Gasteiger charge is -2.47. The van der Waals surface area contributed by atoms with Gasteiger partial charge >= 0.3 is 11.9 Å². The molecule has 7 aromatic rings. The Labute approximate surface area is 508 Å². The number of carbonyl (C=O) groups is 5. The Kier molecular flexibility index (Phi) is 20.9. The maximum atomic E-state index is 14.3. The van der Waals surface area contributed by atoms with Gasteiger partial charge in [0, 0.05) is 50.8 Å². The van der Waals surface area contributed by atoms with Crippen LogP contribution in [-0.4, -0.2) is 83.1 Å². The molecule has 444 valence electrons. The summed E-state index contributed by atoms with van der Waals surface area (Å²) in [5, 5.41) is 17.5. The van der Waals surface area contributed by atoms with Gasteiger partial charge in [0.25, 0.3) is 17.5 Å². The first kappa shape index (κ1) is 61.5. The van der Waals surface area contributed by atoms with Crippen LogP contribution in [0, 0.1) is 27.9 Å². The molecule has 2 heterocycles. The zero-order valence-electron chi connectivity index (χ0n) is 47.7. The third-order valence-corrected chi connectivity index (χ3v) is 15.8. The largest absolute Gasteiger partial charge is 0.485 e. The molecule has 2 N–H and O–H groups in total. The zero-order valence-corrected chi connectivity index (χ0v) is 49.3. The lowest BCUT2D eigenvalue weighted by Crippen LogP contribution is -2.62. The Morgan fingerprint density at radius 1 is 0.593 bits per heavy atom. The van der Waals surface area contributed by atoms with E-state index in [4.69, 9.17) is 46.9 Å². The number of hydrogen-bond donors (Lipinski definition) is 2. The van der Waals surface area contributed by atoms with Gasteiger partial charge in [0.05, 0.1) is 43.6 Å². The lowest BCUT2D eigenvalue weighted by atomic mass is 9.74. The number of esters is 2. The smallest absolute Gasteiger partial charge is 0.362 e. The first-order valence-corrected chi connectivity index (χ1v) is 29.1. The maximum absolute atomic E-state index is 14.3. The van der Waals surface area contributed by atoms with E-state index in [2.05, 4.69) is 15.5 Å². The van der Waals surface area contributed by atoms with Crippen molar-refractivity contribution in [3.63, 3.8) is 0 Å². The standard InChI is InChI=1S/C67H65Cl2N5O12/c1-43(2)56-59-44(3)53(60(73(59)65(56)77)67(79)86-66(78)49-26-28-50(29-27-49)74(80)81)38-72(36-16-34-70-63(75)51-30-32-54(82-39-45-18-8-4-9-19-45)61(57(51)68)84-41-47-22-12-6-13-23-47)37-17-35-71-64(76)52-31-33-55(83-40-46-20-10-5-11-21-46)62(58(52)69)85-42-48-24-14-7-15-25-48/h4-15,18-33,43-44,56,59H,16-17,34-42H2,1-3H3,(H,70,75)(H,71,76)/t44-,56+,59+/m0/s1. The fourth-order valence-electron chi connectivity index (χ4n) is 10.5. The molecule has 0 aliphatic carbocycles. The molecular formula is C67H65Cl2N5O12. The van der Waals surface area contributed by atoms with Crippen molar-refractivity contribution in [3.8, 4) is 23.0 Å². The Hall–Kier alpha value is -9.03. The highest BCUT2D eigenvalue weighted by Gasteiger charge is 2.59. The van der Waals surface area contributed by atoms with Gasteiger partial charge in [0.1, 0.15) is 32.1 Å². The van der Waals surface area contributed by atoms with Crippen LogP contribution in [-0.2, 0) is 40.8 Å². The SMILES string of the molecule is CC(C)[C@H]1C(=O)N2C(C(=O)OC(=O)c3ccc([N+](=O)[O-])cc3)=C(CN(CCCNC(=O)c3ccc(OCc4ccccc4)c(OCc4ccccc4)c3Cl)CCCNC(=O)c3ccc(OCc4ccccc4)c(OCc4ccccc4)c3Cl)[C@H](C)[C@H]12. The second-order valence-corrected chi connectivity index (χ2v) is 22.0. The number of amides is 3. The predicted molar refractivity (Wildman–Crippen MR) is 325 cm³/mol. The number of fused-ring (bicyclic) bond motifs is 1. The molecule has 17 nitrogen and oxygen atoms in total. The summed E-state index contributed by atoms with van der Waals surface area (Å²) >= 11 is 14.0. The summed E-state index contributed by atoms with van der Waals surface area (Å²) in [4.78, 5) is 83.9. The van der Waals surface area contributed by atoms with Crippen LogP contribution in [0.2, 0.25) is 10.0 Å². The van der Waals surface area contributed by atoms with Gasteiger partial charge in [-0.1, -0.05) is 165 Å². The Balaban J connectivity index is 0.928. The average molecular weight is 1200 g/mol. The van der Waals surface area contributed by atoms with Gasteiger partial charge in [0.15, 0.2) is 23.0 Å². The van der Waals surface area contributed by atoms with Crippen molar-refractivity contribution in [1.29, 1.82) is 0 Å². The molecule has 7 aromatic carbocycles. The van der Waals surface area contributed by atoms with Gasteiger partial charge in [0.2, 0.25) is 5.91 Å². The van der Waals surface area contributed by atoms with Gasteiger partial charge in [-0.25, -0.2) is 9.59 Å². The quantitative estimate of drug-likeness (QED) is 0.0117. The molecule has 3 atom stereocenters. The Morgan fingerprint density at radius 3 is 1.42 bits per heavy atom. The molecule has 3 amide bonds. The number of halogens is 2. The number of rotatable bonds is 28. The number of nitrogens with one attached hydrogen (secondary N) is 2. The van der Waals surface area contributed by atoms with Crippen LogP contribution < -0.4 is 29.6 Å². The van der Waals surface area contributed by atoms with Crippen molar-refractivity contribution in [1.82, 2.24) is 20.4 Å². The molecule has 1 saturated heterocycles. The van der Waals surface area contributed by atoms with Gasteiger partial charge in [-0.15, -0.1) is 0 Å². The number of benzene rings is 7. The van der Waals surface area contributed by atoms with Crippen LogP contribution in [0.5, 0.6) is 23.0 Å². The summed E-state index contributed by atoms with van der Waals surface area (Å²) in [6, 6.07) is 49.0. The highest BCUT2D eigenvalue weighted by atomic mass is 35.5. The molecule has 19 heteroatoms. The van der Waals surface area contributed by atoms with Crippen LogP contribution in [0.25, 0.3) is 0 Å². The molecular weight excluding hydrogens is 1140 g/mol. The van der Waals surface area contributed by atoms with Gasteiger partial charge < -0.3 is 39.2 Å². The highest BCUT2D eigenvalue weighted by Crippen LogP contribution is 2.49. The summed E-state index contributed by atoms with van der Waals surface area (Å²) in [5.41, 5.74) is 4.14. The average Bonchev–Trinajstić information content (AvgIpc) is 1.67. The minimum absolute atomic E-state index is 0.0430. The van der Waals surface area contributed by atoms with E-state index in [1.165, 1.54) is 17.0 Å². The molecule has 9 rings (SSSR count). The molecule has 0 saturated carbocycles. The minimum Gasteiger partial charge on any atom is -0.485 e. The number of nitro groups is 1. The molecule has 1 fully saturated rings. The van der Waals surface area contributed by atoms with Crippen molar-refractivity contribution in [2.24, 2.45) is 17.8 Å². The van der Waals surface area contributed by atoms with E-state index in [9.17, 15) is 34.1 Å². The fraction of sp³-hybridized carbons (Fsp3) is 0.269. The normalized spacial score (nSPS) is 15.2. The van der Waals surface area contributed by atoms with E-state index in [1.807, 2.05) is 142 Å². The summed E-state index contributed by atoms with van der Waals surface area (Å²) in [5.74, 6) is -2.93. The summed E-state index contributed by atoms with van der Waals surface area (Å²) in [7, 11) is 0. The number of non-ortho nitro benzene ring substituents is 1. The third-order valence-electron chi connectivity index (χ3n) is 15.0. The molecule has 0 radical (unpaired) electrons. The molecule has 0 spiro atoms. The molecule has 0 unspecified atom stereocenters. The van der Waals surface area contributed by atoms with Crippen LogP contribution in [0.3, 0.4) is 0 Å². The van der Waals surface area contributed by atoms with Gasteiger partial charge in [-0.3, -0.25) is 29.4 Å². The van der Waals surface area contributed by atoms with Gasteiger partial charge in [-0.2, -0.15) is 0 Å². The minimum atomic E-state index is -1.04. The summed E-state index contributed by atoms with van der Waals surface area (Å²) < 4.78 is 30.3. The highest BCUT2D eigenvalue weighted by molar-refractivity contribution is 6.36. The van der Waals surface area contributed by atoms with E-state index in [-0.39, 0.29) is 113 Å².